The maximum absolute atomic E-state index is 10.9. The van der Waals surface area contributed by atoms with Gasteiger partial charge in [0.25, 0.3) is 0 Å². The van der Waals surface area contributed by atoms with Gasteiger partial charge in [0.15, 0.2) is 0 Å². The summed E-state index contributed by atoms with van der Waals surface area (Å²) in [6, 6.07) is 0. The van der Waals surface area contributed by atoms with Crippen molar-refractivity contribution in [3.63, 3.8) is 0 Å². The summed E-state index contributed by atoms with van der Waals surface area (Å²) in [6.07, 6.45) is 9.80. The van der Waals surface area contributed by atoms with Crippen molar-refractivity contribution in [2.24, 2.45) is 0 Å². The first-order valence-corrected chi connectivity index (χ1v) is 5.03. The van der Waals surface area contributed by atoms with Crippen LogP contribution in [-0.4, -0.2) is 12.6 Å². The molecule has 0 rings (SSSR count). The summed E-state index contributed by atoms with van der Waals surface area (Å²) in [5, 5.41) is 0. The lowest BCUT2D eigenvalue weighted by atomic mass is 10.3. The minimum Gasteiger partial charge on any atom is -0.466 e. The van der Waals surface area contributed by atoms with Gasteiger partial charge in [-0.3, -0.25) is 4.79 Å². The van der Waals surface area contributed by atoms with Crippen molar-refractivity contribution in [2.45, 2.75) is 33.1 Å². The molecular formula is C12H18O2. The van der Waals surface area contributed by atoms with Gasteiger partial charge in [0, 0.05) is 6.42 Å². The topological polar surface area (TPSA) is 26.3 Å². The van der Waals surface area contributed by atoms with Crippen molar-refractivity contribution in [1.29, 1.82) is 0 Å². The summed E-state index contributed by atoms with van der Waals surface area (Å²) >= 11 is 0. The van der Waals surface area contributed by atoms with Crippen molar-refractivity contribution in [3.05, 3.63) is 30.0 Å². The van der Waals surface area contributed by atoms with Crippen LogP contribution in [0, 0.1) is 0 Å². The first-order chi connectivity index (χ1) is 6.81. The zero-order valence-corrected chi connectivity index (χ0v) is 8.95. The number of hydrogen-bond donors (Lipinski definition) is 0. The van der Waals surface area contributed by atoms with E-state index in [0.717, 1.165) is 12.8 Å². The predicted molar refractivity (Wildman–Crippen MR) is 58.0 cm³/mol. The van der Waals surface area contributed by atoms with Crippen molar-refractivity contribution >= 4 is 5.97 Å². The Hall–Kier alpha value is -1.27. The van der Waals surface area contributed by atoms with E-state index in [4.69, 9.17) is 4.74 Å². The Morgan fingerprint density at radius 3 is 2.86 bits per heavy atom. The number of esters is 1. The number of carbonyl (C=O) groups is 1. The minimum absolute atomic E-state index is 0.134. The second kappa shape index (κ2) is 9.82. The molecule has 0 aromatic heterocycles. The molecule has 0 heterocycles. The smallest absolute Gasteiger partial charge is 0.306 e. The van der Waals surface area contributed by atoms with Gasteiger partial charge in [-0.25, -0.2) is 0 Å². The fraction of sp³-hybridized carbons (Fsp3) is 0.500. The fourth-order valence-corrected chi connectivity index (χ4v) is 0.840. The van der Waals surface area contributed by atoms with E-state index in [9.17, 15) is 4.79 Å². The van der Waals surface area contributed by atoms with Gasteiger partial charge in [-0.15, -0.1) is 5.73 Å². The second-order valence-corrected chi connectivity index (χ2v) is 2.72. The summed E-state index contributed by atoms with van der Waals surface area (Å²) < 4.78 is 4.78. The zero-order chi connectivity index (χ0) is 10.6. The average Bonchev–Trinajstić information content (AvgIpc) is 2.17. The number of carbonyl (C=O) groups excluding carboxylic acids is 1. The molecule has 0 bridgehead atoms. The Morgan fingerprint density at radius 1 is 1.43 bits per heavy atom. The van der Waals surface area contributed by atoms with Crippen molar-refractivity contribution in [1.82, 2.24) is 0 Å². The SMILES string of the molecule is CCC=C=C/C=C\CCC(=O)OCC. The Bertz CT molecular complexity index is 233. The summed E-state index contributed by atoms with van der Waals surface area (Å²) in [5.41, 5.74) is 3.00. The zero-order valence-electron chi connectivity index (χ0n) is 8.95. The Labute approximate surface area is 86.0 Å². The summed E-state index contributed by atoms with van der Waals surface area (Å²) in [4.78, 5) is 10.9. The van der Waals surface area contributed by atoms with Crippen molar-refractivity contribution in [2.75, 3.05) is 6.61 Å². The molecule has 0 unspecified atom stereocenters. The molecule has 0 aromatic carbocycles. The third-order valence-corrected chi connectivity index (χ3v) is 1.47. The molecule has 0 spiro atoms. The van der Waals surface area contributed by atoms with E-state index in [-0.39, 0.29) is 5.97 Å². The van der Waals surface area contributed by atoms with Crippen LogP contribution >= 0.6 is 0 Å². The molecule has 0 saturated carbocycles. The van der Waals surface area contributed by atoms with Crippen LogP contribution in [0.5, 0.6) is 0 Å². The van der Waals surface area contributed by atoms with E-state index < -0.39 is 0 Å². The van der Waals surface area contributed by atoms with E-state index in [0.29, 0.717) is 13.0 Å². The quantitative estimate of drug-likeness (QED) is 0.369. The van der Waals surface area contributed by atoms with E-state index in [1.54, 1.807) is 0 Å². The van der Waals surface area contributed by atoms with E-state index in [2.05, 4.69) is 12.7 Å². The molecule has 0 aliphatic heterocycles. The molecule has 0 atom stereocenters. The molecule has 78 valence electrons. The highest BCUT2D eigenvalue weighted by Gasteiger charge is 1.96. The maximum Gasteiger partial charge on any atom is 0.306 e. The number of allylic oxidation sites excluding steroid dienone is 3. The molecule has 2 heteroatoms. The minimum atomic E-state index is -0.134. The lowest BCUT2D eigenvalue weighted by molar-refractivity contribution is -0.142. The normalized spacial score (nSPS) is 9.57. The van der Waals surface area contributed by atoms with Gasteiger partial charge in [0.05, 0.1) is 6.61 Å². The van der Waals surface area contributed by atoms with Gasteiger partial charge >= 0.3 is 5.97 Å². The van der Waals surface area contributed by atoms with Crippen molar-refractivity contribution in [3.8, 4) is 0 Å². The second-order valence-electron chi connectivity index (χ2n) is 2.72. The molecule has 0 fully saturated rings. The van der Waals surface area contributed by atoms with Gasteiger partial charge in [-0.05, 0) is 31.9 Å². The molecular weight excluding hydrogens is 176 g/mol. The van der Waals surface area contributed by atoms with Crippen LogP contribution in [0.2, 0.25) is 0 Å². The third-order valence-electron chi connectivity index (χ3n) is 1.47. The standard InChI is InChI=1S/C12H18O2/c1-3-5-6-7-8-9-10-11-12(13)14-4-2/h5,7-9H,3-4,10-11H2,1-2H3/b9-8-. The predicted octanol–water partition coefficient (Wildman–Crippen LogP) is 3.01. The third kappa shape index (κ3) is 8.82. The Kier molecular flexibility index (Phi) is 8.92. The van der Waals surface area contributed by atoms with Gasteiger partial charge < -0.3 is 4.74 Å². The molecule has 0 N–H and O–H groups in total. The van der Waals surface area contributed by atoms with Gasteiger partial charge in [0.1, 0.15) is 0 Å². The maximum atomic E-state index is 10.9. The average molecular weight is 194 g/mol. The van der Waals surface area contributed by atoms with Crippen LogP contribution in [0.1, 0.15) is 33.1 Å². The number of hydrogen-bond acceptors (Lipinski definition) is 2. The molecule has 0 aliphatic rings. The molecule has 0 aliphatic carbocycles. The van der Waals surface area contributed by atoms with Crippen LogP contribution in [-0.2, 0) is 9.53 Å². The molecule has 0 radical (unpaired) electrons. The molecule has 14 heavy (non-hydrogen) atoms. The van der Waals surface area contributed by atoms with E-state index in [1.165, 1.54) is 0 Å². The van der Waals surface area contributed by atoms with Crippen molar-refractivity contribution < 1.29 is 9.53 Å². The summed E-state index contributed by atoms with van der Waals surface area (Å²) in [5.74, 6) is -0.134. The summed E-state index contributed by atoms with van der Waals surface area (Å²) in [6.45, 7) is 4.33. The van der Waals surface area contributed by atoms with Crippen LogP contribution < -0.4 is 0 Å². The lowest BCUT2D eigenvalue weighted by Gasteiger charge is -1.97. The highest BCUT2D eigenvalue weighted by Crippen LogP contribution is 1.94. The molecule has 0 aromatic rings. The Balaban J connectivity index is 3.53. The molecule has 0 amide bonds. The highest BCUT2D eigenvalue weighted by atomic mass is 16.5. The van der Waals surface area contributed by atoms with E-state index in [1.807, 2.05) is 31.2 Å². The van der Waals surface area contributed by atoms with Crippen LogP contribution in [0.15, 0.2) is 30.0 Å². The van der Waals surface area contributed by atoms with E-state index >= 15 is 0 Å². The monoisotopic (exact) mass is 194 g/mol. The van der Waals surface area contributed by atoms with Gasteiger partial charge in [-0.2, -0.15) is 0 Å². The lowest BCUT2D eigenvalue weighted by Crippen LogP contribution is -2.02. The molecule has 0 saturated heterocycles. The first-order valence-electron chi connectivity index (χ1n) is 5.03. The van der Waals surface area contributed by atoms with Crippen LogP contribution in [0.25, 0.3) is 0 Å². The molecule has 2 nitrogen and oxygen atoms in total. The number of rotatable bonds is 6. The Morgan fingerprint density at radius 2 is 2.21 bits per heavy atom. The van der Waals surface area contributed by atoms with Crippen LogP contribution in [0.3, 0.4) is 0 Å². The highest BCUT2D eigenvalue weighted by molar-refractivity contribution is 5.69. The fourth-order valence-electron chi connectivity index (χ4n) is 0.840. The van der Waals surface area contributed by atoms with Gasteiger partial charge in [0.2, 0.25) is 0 Å². The first kappa shape index (κ1) is 12.7. The largest absolute Gasteiger partial charge is 0.466 e. The summed E-state index contributed by atoms with van der Waals surface area (Å²) in [7, 11) is 0. The van der Waals surface area contributed by atoms with Crippen LogP contribution in [0.4, 0.5) is 0 Å². The number of ether oxygens (including phenoxy) is 1. The van der Waals surface area contributed by atoms with Gasteiger partial charge in [-0.1, -0.05) is 19.1 Å².